The predicted octanol–water partition coefficient (Wildman–Crippen LogP) is 3.74. The van der Waals surface area contributed by atoms with Gasteiger partial charge in [0.25, 0.3) is 0 Å². The molecule has 3 N–H and O–H groups in total. The zero-order chi connectivity index (χ0) is 18.8. The second-order valence-electron chi connectivity index (χ2n) is 7.11. The molecule has 26 heavy (non-hydrogen) atoms. The molecule has 0 heterocycles. The molecule has 0 bridgehead atoms. The first kappa shape index (κ1) is 20.3. The van der Waals surface area contributed by atoms with E-state index in [0.29, 0.717) is 0 Å². The van der Waals surface area contributed by atoms with E-state index in [-0.39, 0.29) is 6.61 Å². The van der Waals surface area contributed by atoms with Crippen LogP contribution in [0.5, 0.6) is 11.5 Å². The van der Waals surface area contributed by atoms with Gasteiger partial charge >= 0.3 is 0 Å². The molecule has 0 fully saturated rings. The van der Waals surface area contributed by atoms with Gasteiger partial charge in [-0.2, -0.15) is 0 Å². The van der Waals surface area contributed by atoms with Crippen LogP contribution in [0.4, 0.5) is 0 Å². The molecule has 2 aromatic rings. The molecule has 0 aromatic heterocycles. The molecule has 142 valence electrons. The molecule has 1 atom stereocenters. The lowest BCUT2D eigenvalue weighted by atomic mass is 9.95. The third-order valence-electron chi connectivity index (χ3n) is 4.56. The number of ether oxygens (including phenoxy) is 2. The number of hydrogen-bond donors (Lipinski definition) is 2. The van der Waals surface area contributed by atoms with E-state index in [0.717, 1.165) is 50.2 Å². The Bertz CT molecular complexity index is 635. The van der Waals surface area contributed by atoms with Crippen molar-refractivity contribution in [2.45, 2.75) is 44.6 Å². The molecule has 0 aliphatic rings. The van der Waals surface area contributed by atoms with Gasteiger partial charge in [-0.15, -0.1) is 0 Å². The molecule has 0 saturated carbocycles. The van der Waals surface area contributed by atoms with E-state index in [1.54, 1.807) is 7.11 Å². The van der Waals surface area contributed by atoms with E-state index in [9.17, 15) is 5.11 Å². The van der Waals surface area contributed by atoms with Gasteiger partial charge in [0.1, 0.15) is 11.5 Å². The summed E-state index contributed by atoms with van der Waals surface area (Å²) in [5.41, 5.74) is 7.98. The highest BCUT2D eigenvalue weighted by molar-refractivity contribution is 5.28. The zero-order valence-corrected chi connectivity index (χ0v) is 15.9. The van der Waals surface area contributed by atoms with Gasteiger partial charge in [-0.05, 0) is 74.4 Å². The number of unbranched alkanes of at least 4 members (excludes halogenated alkanes) is 1. The Kier molecular flexibility index (Phi) is 7.95. The maximum absolute atomic E-state index is 9.20. The zero-order valence-electron chi connectivity index (χ0n) is 15.9. The van der Waals surface area contributed by atoms with E-state index in [1.807, 2.05) is 31.2 Å². The lowest BCUT2D eigenvalue weighted by molar-refractivity contribution is 0.200. The second kappa shape index (κ2) is 10.2. The molecule has 2 rings (SSSR count). The minimum absolute atomic E-state index is 0.00468. The van der Waals surface area contributed by atoms with Gasteiger partial charge in [-0.3, -0.25) is 0 Å². The van der Waals surface area contributed by atoms with Crippen LogP contribution in [0, 0.1) is 0 Å². The molecule has 4 heteroatoms. The minimum Gasteiger partial charge on any atom is -0.497 e. The SMILES string of the molecule is COc1ccc(CCCCOc2ccc(CCC(C)(N)CO)cc2)cc1. The molecule has 1 unspecified atom stereocenters. The van der Waals surface area contributed by atoms with Crippen LogP contribution in [0.1, 0.15) is 37.3 Å². The van der Waals surface area contributed by atoms with Crippen molar-refractivity contribution in [2.24, 2.45) is 5.73 Å². The van der Waals surface area contributed by atoms with Crippen LogP contribution in [0.25, 0.3) is 0 Å². The first-order valence-corrected chi connectivity index (χ1v) is 9.27. The van der Waals surface area contributed by atoms with Crippen molar-refractivity contribution in [3.05, 3.63) is 59.7 Å². The van der Waals surface area contributed by atoms with Crippen molar-refractivity contribution in [1.29, 1.82) is 0 Å². The molecular weight excluding hydrogens is 326 g/mol. The van der Waals surface area contributed by atoms with Crippen molar-refractivity contribution in [3.63, 3.8) is 0 Å². The fourth-order valence-electron chi connectivity index (χ4n) is 2.67. The van der Waals surface area contributed by atoms with E-state index < -0.39 is 5.54 Å². The highest BCUT2D eigenvalue weighted by Crippen LogP contribution is 2.17. The molecule has 0 radical (unpaired) electrons. The summed E-state index contributed by atoms with van der Waals surface area (Å²) in [6.45, 7) is 2.60. The number of benzene rings is 2. The Hall–Kier alpha value is -2.04. The van der Waals surface area contributed by atoms with E-state index in [4.69, 9.17) is 15.2 Å². The Morgan fingerprint density at radius 3 is 2.04 bits per heavy atom. The van der Waals surface area contributed by atoms with Crippen LogP contribution in [0.15, 0.2) is 48.5 Å². The summed E-state index contributed by atoms with van der Waals surface area (Å²) in [7, 11) is 1.68. The van der Waals surface area contributed by atoms with E-state index in [1.165, 1.54) is 11.1 Å². The fraction of sp³-hybridized carbons (Fsp3) is 0.455. The number of methoxy groups -OCH3 is 1. The maximum Gasteiger partial charge on any atom is 0.119 e. The normalized spacial score (nSPS) is 13.2. The Labute approximate surface area is 156 Å². The standard InChI is InChI=1S/C22H31NO3/c1-22(23,17-24)15-14-19-8-12-21(13-9-19)26-16-4-3-5-18-6-10-20(25-2)11-7-18/h6-13,24H,3-5,14-17,23H2,1-2H3. The highest BCUT2D eigenvalue weighted by atomic mass is 16.5. The van der Waals surface area contributed by atoms with Crippen molar-refractivity contribution >= 4 is 0 Å². The topological polar surface area (TPSA) is 64.7 Å². The van der Waals surface area contributed by atoms with Crippen molar-refractivity contribution in [1.82, 2.24) is 0 Å². The fourth-order valence-corrected chi connectivity index (χ4v) is 2.67. The van der Waals surface area contributed by atoms with Gasteiger partial charge in [0.15, 0.2) is 0 Å². The molecule has 0 aliphatic carbocycles. The summed E-state index contributed by atoms with van der Waals surface area (Å²) in [5.74, 6) is 1.80. The molecular formula is C22H31NO3. The van der Waals surface area contributed by atoms with Gasteiger partial charge < -0.3 is 20.3 Å². The van der Waals surface area contributed by atoms with Crippen molar-refractivity contribution < 1.29 is 14.6 Å². The quantitative estimate of drug-likeness (QED) is 0.601. The number of aliphatic hydroxyl groups excluding tert-OH is 1. The van der Waals surface area contributed by atoms with Crippen molar-refractivity contribution in [2.75, 3.05) is 20.3 Å². The van der Waals surface area contributed by atoms with Crippen molar-refractivity contribution in [3.8, 4) is 11.5 Å². The smallest absolute Gasteiger partial charge is 0.119 e. The maximum atomic E-state index is 9.20. The van der Waals surface area contributed by atoms with Gasteiger partial charge in [0.2, 0.25) is 0 Å². The highest BCUT2D eigenvalue weighted by Gasteiger charge is 2.16. The number of rotatable bonds is 11. The largest absolute Gasteiger partial charge is 0.497 e. The molecule has 0 aliphatic heterocycles. The number of hydrogen-bond acceptors (Lipinski definition) is 4. The Morgan fingerprint density at radius 2 is 1.46 bits per heavy atom. The summed E-state index contributed by atoms with van der Waals surface area (Å²) >= 11 is 0. The number of nitrogens with two attached hydrogens (primary N) is 1. The summed E-state index contributed by atoms with van der Waals surface area (Å²) in [5, 5.41) is 9.20. The molecule has 4 nitrogen and oxygen atoms in total. The second-order valence-corrected chi connectivity index (χ2v) is 7.11. The van der Waals surface area contributed by atoms with Gasteiger partial charge in [-0.25, -0.2) is 0 Å². The van der Waals surface area contributed by atoms with Crippen LogP contribution in [-0.4, -0.2) is 31.0 Å². The number of aliphatic hydroxyl groups is 1. The third kappa shape index (κ3) is 7.06. The Morgan fingerprint density at radius 1 is 0.885 bits per heavy atom. The average Bonchev–Trinajstić information content (AvgIpc) is 2.67. The average molecular weight is 357 g/mol. The summed E-state index contributed by atoms with van der Waals surface area (Å²) < 4.78 is 11.0. The first-order chi connectivity index (χ1) is 12.5. The van der Waals surface area contributed by atoms with E-state index in [2.05, 4.69) is 24.3 Å². The van der Waals surface area contributed by atoms with Gasteiger partial charge in [-0.1, -0.05) is 24.3 Å². The van der Waals surface area contributed by atoms with Crippen LogP contribution in [-0.2, 0) is 12.8 Å². The summed E-state index contributed by atoms with van der Waals surface area (Å²) in [6, 6.07) is 16.4. The van der Waals surface area contributed by atoms with Gasteiger partial charge in [0, 0.05) is 5.54 Å². The summed E-state index contributed by atoms with van der Waals surface area (Å²) in [6.07, 6.45) is 4.79. The van der Waals surface area contributed by atoms with Crippen LogP contribution >= 0.6 is 0 Å². The number of aryl methyl sites for hydroxylation is 2. The van der Waals surface area contributed by atoms with Crippen LogP contribution in [0.3, 0.4) is 0 Å². The molecule has 0 saturated heterocycles. The Balaban J connectivity index is 1.64. The van der Waals surface area contributed by atoms with E-state index >= 15 is 0 Å². The third-order valence-corrected chi connectivity index (χ3v) is 4.56. The molecule has 0 amide bonds. The molecule has 2 aromatic carbocycles. The lowest BCUT2D eigenvalue weighted by Gasteiger charge is -2.21. The first-order valence-electron chi connectivity index (χ1n) is 9.27. The minimum atomic E-state index is -0.515. The van der Waals surface area contributed by atoms with Crippen LogP contribution < -0.4 is 15.2 Å². The lowest BCUT2D eigenvalue weighted by Crippen LogP contribution is -2.40. The monoisotopic (exact) mass is 357 g/mol. The van der Waals surface area contributed by atoms with Gasteiger partial charge in [0.05, 0.1) is 20.3 Å². The summed E-state index contributed by atoms with van der Waals surface area (Å²) in [4.78, 5) is 0. The van der Waals surface area contributed by atoms with Crippen LogP contribution in [0.2, 0.25) is 0 Å². The molecule has 0 spiro atoms. The predicted molar refractivity (Wildman–Crippen MR) is 106 cm³/mol.